The highest BCUT2D eigenvalue weighted by Crippen LogP contribution is 2.37. The Balaban J connectivity index is 0.00000139. The molecule has 0 saturated heterocycles. The highest BCUT2D eigenvalue weighted by molar-refractivity contribution is 6.21. The molecule has 2 rings (SSSR count). The summed E-state index contributed by atoms with van der Waals surface area (Å²) in [4.78, 5) is 35.7. The fraction of sp³-hybridized carbons (Fsp3) is 0.421. The molecule has 0 saturated carbocycles. The summed E-state index contributed by atoms with van der Waals surface area (Å²) in [5.41, 5.74) is 3.05. The van der Waals surface area contributed by atoms with Crippen molar-refractivity contribution in [3.63, 3.8) is 0 Å². The van der Waals surface area contributed by atoms with Crippen LogP contribution in [-0.4, -0.2) is 31.4 Å². The second-order valence-electron chi connectivity index (χ2n) is 4.91. The molecule has 0 radical (unpaired) electrons. The third kappa shape index (κ3) is 3.72. The van der Waals surface area contributed by atoms with Crippen LogP contribution < -0.4 is 0 Å². The van der Waals surface area contributed by atoms with Gasteiger partial charge < -0.3 is 9.47 Å². The molecule has 1 aliphatic carbocycles. The van der Waals surface area contributed by atoms with E-state index in [0.29, 0.717) is 29.4 Å². The molecule has 0 heterocycles. The average molecular weight is 332 g/mol. The number of hydrogen-bond donors (Lipinski definition) is 0. The van der Waals surface area contributed by atoms with Gasteiger partial charge in [-0.2, -0.15) is 0 Å². The molecule has 24 heavy (non-hydrogen) atoms. The Morgan fingerprint density at radius 1 is 1.08 bits per heavy atom. The first-order valence-corrected chi connectivity index (χ1v) is 8.20. The van der Waals surface area contributed by atoms with Crippen LogP contribution in [0, 0.1) is 6.92 Å². The number of aryl methyl sites for hydroxylation is 1. The fourth-order valence-corrected chi connectivity index (χ4v) is 2.62. The van der Waals surface area contributed by atoms with Crippen molar-refractivity contribution in [1.82, 2.24) is 0 Å². The molecular weight excluding hydrogens is 308 g/mol. The van der Waals surface area contributed by atoms with Gasteiger partial charge in [0.2, 0.25) is 0 Å². The molecule has 1 aromatic carbocycles. The lowest BCUT2D eigenvalue weighted by molar-refractivity contribution is -0.138. The molecule has 0 aliphatic heterocycles. The monoisotopic (exact) mass is 332 g/mol. The Labute approximate surface area is 142 Å². The zero-order valence-electron chi connectivity index (χ0n) is 14.9. The molecule has 1 aliphatic rings. The Morgan fingerprint density at radius 2 is 1.67 bits per heavy atom. The molecule has 0 spiro atoms. The van der Waals surface area contributed by atoms with Gasteiger partial charge in [-0.3, -0.25) is 4.79 Å². The topological polar surface area (TPSA) is 69.7 Å². The SMILES string of the molecule is CC.CCOC(=O)C1=C(C=O)c2c(C(=O)OCC)ccc(C)c2C1. The van der Waals surface area contributed by atoms with E-state index in [1.54, 1.807) is 26.0 Å². The van der Waals surface area contributed by atoms with Crippen LogP contribution in [-0.2, 0) is 25.5 Å². The van der Waals surface area contributed by atoms with Crippen LogP contribution in [0.4, 0.5) is 0 Å². The number of allylic oxidation sites excluding steroid dienone is 1. The molecule has 0 bridgehead atoms. The van der Waals surface area contributed by atoms with Crippen LogP contribution in [0.3, 0.4) is 0 Å². The molecule has 0 fully saturated rings. The van der Waals surface area contributed by atoms with Gasteiger partial charge in [0.15, 0.2) is 6.29 Å². The van der Waals surface area contributed by atoms with E-state index in [-0.39, 0.29) is 18.8 Å². The summed E-state index contributed by atoms with van der Waals surface area (Å²) in [6.45, 7) is 9.77. The summed E-state index contributed by atoms with van der Waals surface area (Å²) in [6.07, 6.45) is 0.904. The summed E-state index contributed by atoms with van der Waals surface area (Å²) in [5.74, 6) is -1.02. The summed E-state index contributed by atoms with van der Waals surface area (Å²) < 4.78 is 10.0. The van der Waals surface area contributed by atoms with E-state index >= 15 is 0 Å². The van der Waals surface area contributed by atoms with Crippen LogP contribution >= 0.6 is 0 Å². The van der Waals surface area contributed by atoms with Gasteiger partial charge in [0.05, 0.1) is 24.4 Å². The molecule has 0 N–H and O–H groups in total. The molecule has 0 aromatic heterocycles. The van der Waals surface area contributed by atoms with Gasteiger partial charge in [-0.25, -0.2) is 9.59 Å². The normalized spacial score (nSPS) is 12.0. The zero-order chi connectivity index (χ0) is 18.3. The number of rotatable bonds is 5. The van der Waals surface area contributed by atoms with Gasteiger partial charge in [0.25, 0.3) is 0 Å². The van der Waals surface area contributed by atoms with Crippen LogP contribution in [0.2, 0.25) is 0 Å². The Hall–Kier alpha value is -2.43. The number of aldehydes is 1. The summed E-state index contributed by atoms with van der Waals surface area (Å²) in [6, 6.07) is 3.42. The predicted octanol–water partition coefficient (Wildman–Crippen LogP) is 3.27. The summed E-state index contributed by atoms with van der Waals surface area (Å²) in [5, 5.41) is 0. The summed E-state index contributed by atoms with van der Waals surface area (Å²) in [7, 11) is 0. The minimum atomic E-state index is -0.519. The van der Waals surface area contributed by atoms with Gasteiger partial charge in [0.1, 0.15) is 0 Å². The van der Waals surface area contributed by atoms with Crippen molar-refractivity contribution < 1.29 is 23.9 Å². The number of benzene rings is 1. The Bertz CT molecular complexity index is 671. The third-order valence-electron chi connectivity index (χ3n) is 3.63. The van der Waals surface area contributed by atoms with E-state index in [0.717, 1.165) is 11.1 Å². The van der Waals surface area contributed by atoms with Crippen LogP contribution in [0.5, 0.6) is 0 Å². The number of esters is 2. The molecule has 0 atom stereocenters. The van der Waals surface area contributed by atoms with E-state index in [1.165, 1.54) is 0 Å². The third-order valence-corrected chi connectivity index (χ3v) is 3.63. The fourth-order valence-electron chi connectivity index (χ4n) is 2.62. The van der Waals surface area contributed by atoms with Gasteiger partial charge in [-0.05, 0) is 38.0 Å². The van der Waals surface area contributed by atoms with Crippen molar-refractivity contribution in [3.05, 3.63) is 40.0 Å². The highest BCUT2D eigenvalue weighted by atomic mass is 16.5. The van der Waals surface area contributed by atoms with Gasteiger partial charge in [0, 0.05) is 17.6 Å². The van der Waals surface area contributed by atoms with Gasteiger partial charge in [-0.15, -0.1) is 0 Å². The standard InChI is InChI=1S/C17H18O5.C2H6/c1-4-21-16(19)11-7-6-10(3)12-8-13(17(20)22-5-2)14(9-18)15(11)12;1-2/h6-7,9H,4-5,8H2,1-3H3;1-2H3. The van der Waals surface area contributed by atoms with E-state index in [1.807, 2.05) is 20.8 Å². The molecule has 1 aromatic rings. The maximum absolute atomic E-state index is 12.1. The average Bonchev–Trinajstić information content (AvgIpc) is 2.98. The number of ether oxygens (including phenoxy) is 2. The molecular formula is C19H24O5. The lowest BCUT2D eigenvalue weighted by Crippen LogP contribution is -2.10. The molecule has 0 unspecified atom stereocenters. The van der Waals surface area contributed by atoms with Crippen molar-refractivity contribution in [2.24, 2.45) is 0 Å². The lowest BCUT2D eigenvalue weighted by Gasteiger charge is -2.10. The number of fused-ring (bicyclic) bond motifs is 1. The van der Waals surface area contributed by atoms with Crippen molar-refractivity contribution >= 4 is 23.8 Å². The van der Waals surface area contributed by atoms with Crippen LogP contribution in [0.15, 0.2) is 17.7 Å². The molecule has 0 amide bonds. The minimum Gasteiger partial charge on any atom is -0.463 e. The minimum absolute atomic E-state index is 0.222. The lowest BCUT2D eigenvalue weighted by atomic mass is 9.96. The Kier molecular flexibility index (Phi) is 7.36. The number of hydrogen-bond acceptors (Lipinski definition) is 5. The maximum Gasteiger partial charge on any atom is 0.338 e. The molecule has 130 valence electrons. The number of carbonyl (C=O) groups excluding carboxylic acids is 3. The second-order valence-corrected chi connectivity index (χ2v) is 4.91. The largest absolute Gasteiger partial charge is 0.463 e. The first-order chi connectivity index (χ1) is 11.5. The van der Waals surface area contributed by atoms with Crippen molar-refractivity contribution in [1.29, 1.82) is 0 Å². The smallest absolute Gasteiger partial charge is 0.338 e. The second kappa shape index (κ2) is 9.01. The first kappa shape index (κ1) is 19.6. The first-order valence-electron chi connectivity index (χ1n) is 8.20. The van der Waals surface area contributed by atoms with E-state index in [4.69, 9.17) is 9.47 Å². The zero-order valence-corrected chi connectivity index (χ0v) is 14.9. The highest BCUT2D eigenvalue weighted by Gasteiger charge is 2.32. The maximum atomic E-state index is 12.1. The summed E-state index contributed by atoms with van der Waals surface area (Å²) >= 11 is 0. The predicted molar refractivity (Wildman–Crippen MR) is 91.8 cm³/mol. The van der Waals surface area contributed by atoms with Crippen molar-refractivity contribution in [2.45, 2.75) is 41.0 Å². The quantitative estimate of drug-likeness (QED) is 0.611. The van der Waals surface area contributed by atoms with Gasteiger partial charge in [-0.1, -0.05) is 19.9 Å². The van der Waals surface area contributed by atoms with E-state index in [9.17, 15) is 14.4 Å². The van der Waals surface area contributed by atoms with Crippen LogP contribution in [0.25, 0.3) is 5.57 Å². The Morgan fingerprint density at radius 3 is 2.21 bits per heavy atom. The van der Waals surface area contributed by atoms with E-state index < -0.39 is 11.9 Å². The number of carbonyl (C=O) groups is 3. The van der Waals surface area contributed by atoms with Crippen LogP contribution in [0.1, 0.15) is 54.7 Å². The molecule has 5 heteroatoms. The van der Waals surface area contributed by atoms with Crippen molar-refractivity contribution in [3.8, 4) is 0 Å². The van der Waals surface area contributed by atoms with E-state index in [2.05, 4.69) is 0 Å². The molecule has 5 nitrogen and oxygen atoms in total. The van der Waals surface area contributed by atoms with Crippen molar-refractivity contribution in [2.75, 3.05) is 13.2 Å². The van der Waals surface area contributed by atoms with Gasteiger partial charge >= 0.3 is 11.9 Å².